The van der Waals surface area contributed by atoms with Crippen LogP contribution in [0, 0.1) is 5.92 Å². The minimum absolute atomic E-state index is 0.0597. The molecule has 0 radical (unpaired) electrons. The lowest BCUT2D eigenvalue weighted by Crippen LogP contribution is -2.42. The number of rotatable bonds is 5. The van der Waals surface area contributed by atoms with Crippen LogP contribution in [-0.4, -0.2) is 46.3 Å². The van der Waals surface area contributed by atoms with Gasteiger partial charge in [0.2, 0.25) is 6.10 Å². The summed E-state index contributed by atoms with van der Waals surface area (Å²) in [6, 6.07) is 0.343. The van der Waals surface area contributed by atoms with Gasteiger partial charge in [0.05, 0.1) is 0 Å². The maximum atomic E-state index is 12.3. The third-order valence-corrected chi connectivity index (χ3v) is 3.61. The first-order chi connectivity index (χ1) is 8.65. The number of carbonyl (C=O) groups is 2. The smallest absolute Gasteiger partial charge is 0.353 e. The first kappa shape index (κ1) is 11.5. The van der Waals surface area contributed by atoms with E-state index >= 15 is 0 Å². The Balaban J connectivity index is 1.60. The first-order valence-corrected chi connectivity index (χ1v) is 6.41. The number of carbonyl (C=O) groups excluding carboxylic acids is 1. The van der Waals surface area contributed by atoms with Gasteiger partial charge < -0.3 is 14.8 Å². The number of hydrogen-bond donors (Lipinski definition) is 1. The molecule has 0 bridgehead atoms. The third-order valence-electron chi connectivity index (χ3n) is 3.61. The van der Waals surface area contributed by atoms with Gasteiger partial charge in [-0.05, 0) is 31.6 Å². The van der Waals surface area contributed by atoms with E-state index in [9.17, 15) is 9.59 Å². The van der Waals surface area contributed by atoms with Crippen molar-refractivity contribution < 1.29 is 19.5 Å². The molecule has 18 heavy (non-hydrogen) atoms. The van der Waals surface area contributed by atoms with Crippen LogP contribution in [0.25, 0.3) is 0 Å². The Morgan fingerprint density at radius 3 is 2.56 bits per heavy atom. The van der Waals surface area contributed by atoms with E-state index in [0.29, 0.717) is 12.0 Å². The molecular weight excluding hydrogens is 236 g/mol. The Hall–Kier alpha value is -1.59. The lowest BCUT2D eigenvalue weighted by molar-refractivity contribution is -0.143. The molecule has 2 saturated carbocycles. The zero-order valence-corrected chi connectivity index (χ0v) is 10.0. The normalized spacial score (nSPS) is 26.4. The van der Waals surface area contributed by atoms with Crippen LogP contribution in [0.15, 0.2) is 5.16 Å². The van der Waals surface area contributed by atoms with E-state index in [-0.39, 0.29) is 18.0 Å². The number of amides is 1. The van der Waals surface area contributed by atoms with E-state index in [4.69, 9.17) is 9.94 Å². The molecule has 1 N–H and O–H groups in total. The topological polar surface area (TPSA) is 79.2 Å². The molecule has 1 aliphatic heterocycles. The van der Waals surface area contributed by atoms with Crippen molar-refractivity contribution >= 4 is 17.6 Å². The van der Waals surface area contributed by atoms with Crippen LogP contribution in [0.4, 0.5) is 0 Å². The van der Waals surface area contributed by atoms with E-state index < -0.39 is 12.1 Å². The van der Waals surface area contributed by atoms with Crippen LogP contribution in [0.3, 0.4) is 0 Å². The fourth-order valence-corrected chi connectivity index (χ4v) is 2.20. The summed E-state index contributed by atoms with van der Waals surface area (Å²) >= 11 is 0. The quantitative estimate of drug-likeness (QED) is 0.777. The van der Waals surface area contributed by atoms with Crippen LogP contribution < -0.4 is 0 Å². The summed E-state index contributed by atoms with van der Waals surface area (Å²) in [5, 5.41) is 12.3. The standard InChI is InChI=1S/C12H16N2O4/c15-11(10-5-9(12(16)17)13-18-10)14(8-3-4-8)6-7-1-2-7/h7-8,10H,1-6H2,(H,16,17). The molecule has 6 heteroatoms. The second kappa shape index (κ2) is 4.26. The molecular formula is C12H16N2O4. The van der Waals surface area contributed by atoms with Gasteiger partial charge in [-0.1, -0.05) is 5.16 Å². The Morgan fingerprint density at radius 1 is 1.33 bits per heavy atom. The Kier molecular flexibility index (Phi) is 2.72. The van der Waals surface area contributed by atoms with Crippen LogP contribution in [0.2, 0.25) is 0 Å². The van der Waals surface area contributed by atoms with Gasteiger partial charge in [-0.2, -0.15) is 0 Å². The van der Waals surface area contributed by atoms with Crippen molar-refractivity contribution in [3.8, 4) is 0 Å². The molecule has 2 fully saturated rings. The maximum absolute atomic E-state index is 12.3. The Bertz CT molecular complexity index is 412. The summed E-state index contributed by atoms with van der Waals surface area (Å²) in [6.07, 6.45) is 3.85. The highest BCUT2D eigenvalue weighted by molar-refractivity contribution is 6.36. The van der Waals surface area contributed by atoms with Gasteiger partial charge in [-0.15, -0.1) is 0 Å². The highest BCUT2D eigenvalue weighted by Crippen LogP contribution is 2.35. The van der Waals surface area contributed by atoms with Crippen molar-refractivity contribution in [3.63, 3.8) is 0 Å². The minimum atomic E-state index is -1.11. The van der Waals surface area contributed by atoms with Gasteiger partial charge >= 0.3 is 5.97 Å². The molecule has 3 rings (SSSR count). The van der Waals surface area contributed by atoms with Crippen molar-refractivity contribution in [1.82, 2.24) is 4.90 Å². The van der Waals surface area contributed by atoms with Crippen molar-refractivity contribution in [3.05, 3.63) is 0 Å². The summed E-state index contributed by atoms with van der Waals surface area (Å²) in [4.78, 5) is 29.9. The molecule has 2 aliphatic carbocycles. The molecule has 1 unspecified atom stereocenters. The van der Waals surface area contributed by atoms with Gasteiger partial charge in [0.25, 0.3) is 5.91 Å². The van der Waals surface area contributed by atoms with Gasteiger partial charge in [-0.3, -0.25) is 4.79 Å². The second-order valence-electron chi connectivity index (χ2n) is 5.31. The number of carboxylic acids is 1. The van der Waals surface area contributed by atoms with Crippen LogP contribution in [0.5, 0.6) is 0 Å². The molecule has 0 aromatic rings. The molecule has 0 aromatic heterocycles. The molecule has 1 amide bonds. The molecule has 1 heterocycles. The van der Waals surface area contributed by atoms with E-state index in [1.165, 1.54) is 12.8 Å². The zero-order chi connectivity index (χ0) is 12.7. The fraction of sp³-hybridized carbons (Fsp3) is 0.750. The number of aliphatic carboxylic acids is 1. The van der Waals surface area contributed by atoms with E-state index in [0.717, 1.165) is 19.4 Å². The van der Waals surface area contributed by atoms with Gasteiger partial charge in [0, 0.05) is 19.0 Å². The number of nitrogens with zero attached hydrogens (tertiary/aromatic N) is 2. The molecule has 0 saturated heterocycles. The van der Waals surface area contributed by atoms with Gasteiger partial charge in [0.1, 0.15) is 0 Å². The van der Waals surface area contributed by atoms with Gasteiger partial charge in [0.15, 0.2) is 5.71 Å². The largest absolute Gasteiger partial charge is 0.477 e. The van der Waals surface area contributed by atoms with E-state index in [1.54, 1.807) is 0 Å². The zero-order valence-electron chi connectivity index (χ0n) is 10.0. The van der Waals surface area contributed by atoms with Crippen molar-refractivity contribution in [2.24, 2.45) is 11.1 Å². The third kappa shape index (κ3) is 2.32. The molecule has 1 atom stereocenters. The summed E-state index contributed by atoms with van der Waals surface area (Å²) < 4.78 is 0. The Labute approximate surface area is 105 Å². The fourth-order valence-electron chi connectivity index (χ4n) is 2.20. The summed E-state index contributed by atoms with van der Waals surface area (Å²) in [5.74, 6) is -0.564. The van der Waals surface area contributed by atoms with E-state index in [2.05, 4.69) is 5.16 Å². The summed E-state index contributed by atoms with van der Waals surface area (Å²) in [7, 11) is 0. The number of carboxylic acid groups (broad SMARTS) is 1. The molecule has 0 spiro atoms. The monoisotopic (exact) mass is 252 g/mol. The Morgan fingerprint density at radius 2 is 2.06 bits per heavy atom. The first-order valence-electron chi connectivity index (χ1n) is 6.41. The highest BCUT2D eigenvalue weighted by atomic mass is 16.6. The van der Waals surface area contributed by atoms with Crippen LogP contribution in [-0.2, 0) is 14.4 Å². The maximum Gasteiger partial charge on any atom is 0.353 e. The van der Waals surface area contributed by atoms with Crippen LogP contribution >= 0.6 is 0 Å². The average Bonchev–Trinajstić information content (AvgIpc) is 3.24. The summed E-state index contributed by atoms with van der Waals surface area (Å²) in [6.45, 7) is 0.797. The molecule has 6 nitrogen and oxygen atoms in total. The van der Waals surface area contributed by atoms with Crippen molar-refractivity contribution in [2.75, 3.05) is 6.54 Å². The number of oxime groups is 1. The molecule has 98 valence electrons. The second-order valence-corrected chi connectivity index (χ2v) is 5.31. The van der Waals surface area contributed by atoms with Crippen molar-refractivity contribution in [2.45, 2.75) is 44.2 Å². The molecule has 0 aromatic carbocycles. The highest BCUT2D eigenvalue weighted by Gasteiger charge is 2.42. The lowest BCUT2D eigenvalue weighted by Gasteiger charge is -2.24. The predicted molar refractivity (Wildman–Crippen MR) is 62.0 cm³/mol. The predicted octanol–water partition coefficient (Wildman–Crippen LogP) is 0.617. The van der Waals surface area contributed by atoms with Crippen molar-refractivity contribution in [1.29, 1.82) is 0 Å². The van der Waals surface area contributed by atoms with Gasteiger partial charge in [-0.25, -0.2) is 4.79 Å². The van der Waals surface area contributed by atoms with Crippen LogP contribution in [0.1, 0.15) is 32.1 Å². The number of hydrogen-bond acceptors (Lipinski definition) is 4. The SMILES string of the molecule is O=C(O)C1=NOC(C(=O)N(CC2CC2)C2CC2)C1. The minimum Gasteiger partial charge on any atom is -0.477 e. The lowest BCUT2D eigenvalue weighted by atomic mass is 10.1. The van der Waals surface area contributed by atoms with E-state index in [1.807, 2.05) is 4.90 Å². The average molecular weight is 252 g/mol. The molecule has 3 aliphatic rings. The summed E-state index contributed by atoms with van der Waals surface area (Å²) in [5.41, 5.74) is -0.0597.